The Morgan fingerprint density at radius 3 is 2.41 bits per heavy atom. The van der Waals surface area contributed by atoms with Crippen molar-refractivity contribution in [1.82, 2.24) is 24.5 Å². The van der Waals surface area contributed by atoms with Crippen LogP contribution in [0, 0.1) is 0 Å². The lowest BCUT2D eigenvalue weighted by atomic mass is 9.93. The number of esters is 1. The van der Waals surface area contributed by atoms with Crippen molar-refractivity contribution < 1.29 is 9.53 Å². The largest absolute Gasteiger partial charge is 0.469 e. The highest BCUT2D eigenvalue weighted by Gasteiger charge is 2.24. The summed E-state index contributed by atoms with van der Waals surface area (Å²) < 4.78 is 7.81. The molecule has 2 aromatic heterocycles. The lowest BCUT2D eigenvalue weighted by Crippen LogP contribution is -2.33. The fourth-order valence-electron chi connectivity index (χ4n) is 4.65. The lowest BCUT2D eigenvalue weighted by Gasteiger charge is -2.27. The van der Waals surface area contributed by atoms with Crippen LogP contribution in [-0.4, -0.2) is 37.6 Å². The van der Waals surface area contributed by atoms with Crippen LogP contribution in [0.3, 0.4) is 0 Å². The molecular weight excluding hydrogens is 563 g/mol. The molecule has 5 rings (SSSR count). The molecular formula is C30H26Cl2N6O3. The molecule has 0 fully saturated rings. The van der Waals surface area contributed by atoms with E-state index >= 15 is 0 Å². The molecule has 41 heavy (non-hydrogen) atoms. The van der Waals surface area contributed by atoms with Crippen molar-refractivity contribution in [2.75, 3.05) is 7.11 Å². The topological polar surface area (TPSA) is 118 Å². The van der Waals surface area contributed by atoms with Crippen LogP contribution in [0.2, 0.25) is 10.2 Å². The number of halogens is 2. The van der Waals surface area contributed by atoms with E-state index in [1.165, 1.54) is 24.2 Å². The fraction of sp³-hybridized carbons (Fsp3) is 0.167. The summed E-state index contributed by atoms with van der Waals surface area (Å²) in [5.41, 5.74) is 10.8. The SMILES string of the molecule is COC(=O)Cc1ccc([C@H](N)[C@H](Cc2ccccc2)n2cnc(-c3cc(Cl)ccc3-n3cc(Cl)nn3)cc2=O)cc1. The number of rotatable bonds is 9. The first-order valence-corrected chi connectivity index (χ1v) is 13.5. The normalized spacial score (nSPS) is 12.6. The Kier molecular flexibility index (Phi) is 8.58. The van der Waals surface area contributed by atoms with Gasteiger partial charge in [-0.05, 0) is 41.3 Å². The molecule has 9 nitrogen and oxygen atoms in total. The van der Waals surface area contributed by atoms with Gasteiger partial charge >= 0.3 is 5.97 Å². The van der Waals surface area contributed by atoms with Gasteiger partial charge in [0, 0.05) is 16.7 Å². The average Bonchev–Trinajstić information content (AvgIpc) is 3.42. The van der Waals surface area contributed by atoms with E-state index in [0.29, 0.717) is 28.4 Å². The van der Waals surface area contributed by atoms with Crippen LogP contribution < -0.4 is 11.3 Å². The van der Waals surface area contributed by atoms with Crippen molar-refractivity contribution in [3.05, 3.63) is 129 Å². The Morgan fingerprint density at radius 2 is 1.76 bits per heavy atom. The molecule has 2 heterocycles. The molecule has 11 heteroatoms. The first-order chi connectivity index (χ1) is 19.8. The quantitative estimate of drug-likeness (QED) is 0.241. The predicted octanol–water partition coefficient (Wildman–Crippen LogP) is 5.00. The van der Waals surface area contributed by atoms with E-state index in [0.717, 1.165) is 16.7 Å². The van der Waals surface area contributed by atoms with E-state index in [9.17, 15) is 9.59 Å². The molecule has 0 bridgehead atoms. The highest BCUT2D eigenvalue weighted by atomic mass is 35.5. The van der Waals surface area contributed by atoms with Crippen molar-refractivity contribution in [3.8, 4) is 16.9 Å². The first-order valence-electron chi connectivity index (χ1n) is 12.7. The third-order valence-corrected chi connectivity index (χ3v) is 7.19. The van der Waals surface area contributed by atoms with Crippen LogP contribution in [0.15, 0.2) is 96.2 Å². The Bertz CT molecular complexity index is 1720. The summed E-state index contributed by atoms with van der Waals surface area (Å²) in [4.78, 5) is 30.0. The summed E-state index contributed by atoms with van der Waals surface area (Å²) in [7, 11) is 1.36. The van der Waals surface area contributed by atoms with Crippen molar-refractivity contribution in [3.63, 3.8) is 0 Å². The van der Waals surface area contributed by atoms with Crippen LogP contribution in [0.5, 0.6) is 0 Å². The summed E-state index contributed by atoms with van der Waals surface area (Å²) in [6, 6.07) is 22.9. The van der Waals surface area contributed by atoms with E-state index < -0.39 is 12.1 Å². The standard InChI is InChI=1S/C30H26Cl2N6O3/c1-41-29(40)14-20-7-9-21(10-8-20)30(33)26(13-19-5-3-2-4-6-19)37-18-34-24(16-28(37)39)23-15-22(31)11-12-25(23)38-17-27(32)35-36-38/h2-12,15-18,26,30H,13-14,33H2,1H3/t26-,30-/m0/s1. The first kappa shape index (κ1) is 28.2. The molecule has 0 unspecified atom stereocenters. The zero-order valence-electron chi connectivity index (χ0n) is 22.0. The molecule has 3 aromatic carbocycles. The molecule has 0 radical (unpaired) electrons. The average molecular weight is 589 g/mol. The monoisotopic (exact) mass is 588 g/mol. The number of carbonyl (C=O) groups excluding carboxylic acids is 1. The van der Waals surface area contributed by atoms with E-state index in [1.54, 1.807) is 29.0 Å². The number of nitrogens with two attached hydrogens (primary N) is 1. The summed E-state index contributed by atoms with van der Waals surface area (Å²) >= 11 is 12.3. The fourth-order valence-corrected chi connectivity index (χ4v) is 4.95. The summed E-state index contributed by atoms with van der Waals surface area (Å²) in [6.45, 7) is 0. The number of hydrogen-bond donors (Lipinski definition) is 1. The maximum atomic E-state index is 13.7. The van der Waals surface area contributed by atoms with Gasteiger partial charge in [0.25, 0.3) is 5.56 Å². The molecule has 5 aromatic rings. The third kappa shape index (κ3) is 6.54. The Balaban J connectivity index is 1.52. The van der Waals surface area contributed by atoms with Gasteiger partial charge in [0.2, 0.25) is 0 Å². The third-order valence-electron chi connectivity index (χ3n) is 6.78. The van der Waals surface area contributed by atoms with Gasteiger partial charge in [0.1, 0.15) is 0 Å². The number of hydrogen-bond acceptors (Lipinski definition) is 7. The predicted molar refractivity (Wildman–Crippen MR) is 157 cm³/mol. The van der Waals surface area contributed by atoms with Gasteiger partial charge in [-0.1, -0.05) is 83.0 Å². The molecule has 2 N–H and O–H groups in total. The number of methoxy groups -OCH3 is 1. The number of benzene rings is 3. The molecule has 0 amide bonds. The summed E-state index contributed by atoms with van der Waals surface area (Å²) in [5.74, 6) is -0.323. The van der Waals surface area contributed by atoms with Crippen LogP contribution >= 0.6 is 23.2 Å². The second-order valence-corrected chi connectivity index (χ2v) is 10.3. The van der Waals surface area contributed by atoms with E-state index in [-0.39, 0.29) is 23.1 Å². The Labute approximate surface area is 246 Å². The van der Waals surface area contributed by atoms with Crippen LogP contribution in [0.1, 0.15) is 28.8 Å². The summed E-state index contributed by atoms with van der Waals surface area (Å²) in [5, 5.41) is 8.58. The molecule has 0 saturated heterocycles. The maximum Gasteiger partial charge on any atom is 0.309 e. The number of ether oxygens (including phenoxy) is 1. The van der Waals surface area contributed by atoms with Gasteiger partial charge in [-0.3, -0.25) is 14.2 Å². The zero-order valence-corrected chi connectivity index (χ0v) is 23.5. The van der Waals surface area contributed by atoms with Gasteiger partial charge in [-0.2, -0.15) is 0 Å². The second-order valence-electron chi connectivity index (χ2n) is 9.44. The Hall–Kier alpha value is -4.31. The molecule has 0 spiro atoms. The van der Waals surface area contributed by atoms with Gasteiger partial charge in [0.05, 0.1) is 49.5 Å². The van der Waals surface area contributed by atoms with Crippen LogP contribution in [0.25, 0.3) is 16.9 Å². The van der Waals surface area contributed by atoms with E-state index in [4.69, 9.17) is 33.7 Å². The smallest absolute Gasteiger partial charge is 0.309 e. The highest BCUT2D eigenvalue weighted by molar-refractivity contribution is 6.31. The number of carbonyl (C=O) groups is 1. The molecule has 2 atom stereocenters. The highest BCUT2D eigenvalue weighted by Crippen LogP contribution is 2.30. The zero-order chi connectivity index (χ0) is 28.9. The lowest BCUT2D eigenvalue weighted by molar-refractivity contribution is -0.139. The van der Waals surface area contributed by atoms with E-state index in [2.05, 4.69) is 15.3 Å². The number of aromatic nitrogens is 5. The van der Waals surface area contributed by atoms with Gasteiger partial charge in [0.15, 0.2) is 5.15 Å². The van der Waals surface area contributed by atoms with Gasteiger partial charge in [-0.25, -0.2) is 9.67 Å². The molecule has 0 aliphatic heterocycles. The van der Waals surface area contributed by atoms with E-state index in [1.807, 2.05) is 54.6 Å². The van der Waals surface area contributed by atoms with Crippen molar-refractivity contribution in [2.45, 2.75) is 24.9 Å². The minimum absolute atomic E-state index is 0.163. The van der Waals surface area contributed by atoms with Crippen molar-refractivity contribution in [2.24, 2.45) is 5.73 Å². The minimum atomic E-state index is -0.549. The molecule has 208 valence electrons. The van der Waals surface area contributed by atoms with Crippen LogP contribution in [-0.2, 0) is 22.4 Å². The van der Waals surface area contributed by atoms with Crippen LogP contribution in [0.4, 0.5) is 0 Å². The van der Waals surface area contributed by atoms with Gasteiger partial charge < -0.3 is 10.5 Å². The molecule has 0 aliphatic rings. The Morgan fingerprint density at radius 1 is 1.00 bits per heavy atom. The second kappa shape index (κ2) is 12.5. The van der Waals surface area contributed by atoms with Gasteiger partial charge in [-0.15, -0.1) is 5.10 Å². The van der Waals surface area contributed by atoms with Crippen molar-refractivity contribution >= 4 is 29.2 Å². The summed E-state index contributed by atoms with van der Waals surface area (Å²) in [6.07, 6.45) is 3.72. The number of nitrogens with zero attached hydrogens (tertiary/aromatic N) is 5. The molecule has 0 saturated carbocycles. The maximum absolute atomic E-state index is 13.7. The molecule has 0 aliphatic carbocycles. The van der Waals surface area contributed by atoms with Crippen molar-refractivity contribution in [1.29, 1.82) is 0 Å². The minimum Gasteiger partial charge on any atom is -0.469 e.